The Morgan fingerprint density at radius 1 is 1.12 bits per heavy atom. The first-order valence-corrected chi connectivity index (χ1v) is 11.6. The number of fused-ring (bicyclic) bond motifs is 1. The molecule has 0 bridgehead atoms. The Labute approximate surface area is 194 Å². The van der Waals surface area contributed by atoms with Crippen molar-refractivity contribution in [3.63, 3.8) is 0 Å². The van der Waals surface area contributed by atoms with E-state index in [1.165, 1.54) is 5.69 Å². The van der Waals surface area contributed by atoms with E-state index < -0.39 is 0 Å². The average Bonchev–Trinajstić information content (AvgIpc) is 3.14. The average molecular weight is 444 g/mol. The molecule has 5 rings (SSSR count). The highest BCUT2D eigenvalue weighted by Crippen LogP contribution is 2.29. The van der Waals surface area contributed by atoms with Crippen LogP contribution in [0.2, 0.25) is 0 Å². The molecule has 0 saturated carbocycles. The number of nitrogens with one attached hydrogen (secondary N) is 2. The van der Waals surface area contributed by atoms with Gasteiger partial charge in [0.2, 0.25) is 5.95 Å². The van der Waals surface area contributed by atoms with Crippen LogP contribution in [0.3, 0.4) is 0 Å². The molecule has 3 heterocycles. The summed E-state index contributed by atoms with van der Waals surface area (Å²) in [5.74, 6) is 3.97. The quantitative estimate of drug-likeness (QED) is 0.583. The second kappa shape index (κ2) is 10.1. The number of rotatable bonds is 5. The van der Waals surface area contributed by atoms with Crippen LogP contribution in [0.15, 0.2) is 42.6 Å². The molecule has 2 aliphatic heterocycles. The molecule has 3 aromatic rings. The largest absolute Gasteiger partial charge is 0.488 e. The second-order valence-electron chi connectivity index (χ2n) is 8.44. The molecule has 0 spiro atoms. The van der Waals surface area contributed by atoms with Crippen LogP contribution in [0.25, 0.3) is 10.9 Å². The molecule has 2 aromatic carbocycles. The summed E-state index contributed by atoms with van der Waals surface area (Å²) in [4.78, 5) is 11.6. The predicted molar refractivity (Wildman–Crippen MR) is 131 cm³/mol. The van der Waals surface area contributed by atoms with Gasteiger partial charge < -0.3 is 25.0 Å². The Morgan fingerprint density at radius 2 is 1.97 bits per heavy atom. The maximum atomic E-state index is 6.41. The van der Waals surface area contributed by atoms with Crippen molar-refractivity contribution in [3.05, 3.63) is 48.2 Å². The summed E-state index contributed by atoms with van der Waals surface area (Å²) in [7, 11) is 0. The molecule has 0 amide bonds. The molecule has 7 heteroatoms. The number of aromatic nitrogens is 2. The SMILES string of the molecule is C#Cc1cc(OC2CCCNCC2)c2nc(Nc3ccc(N4CCOCC4)cc3)ncc2c1. The molecule has 33 heavy (non-hydrogen) atoms. The Bertz CT molecular complexity index is 1130. The van der Waals surface area contributed by atoms with Crippen LogP contribution in [0.1, 0.15) is 24.8 Å². The number of ether oxygens (including phenoxy) is 2. The summed E-state index contributed by atoms with van der Waals surface area (Å²) in [6.45, 7) is 5.37. The number of terminal acetylenes is 1. The molecule has 2 fully saturated rings. The van der Waals surface area contributed by atoms with Gasteiger partial charge in [-0.1, -0.05) is 5.92 Å². The highest BCUT2D eigenvalue weighted by atomic mass is 16.5. The van der Waals surface area contributed by atoms with Gasteiger partial charge in [0.25, 0.3) is 0 Å². The van der Waals surface area contributed by atoms with Gasteiger partial charge in [0.15, 0.2) is 0 Å². The number of hydrogen-bond acceptors (Lipinski definition) is 7. The molecular formula is C26H29N5O2. The lowest BCUT2D eigenvalue weighted by atomic mass is 10.1. The maximum Gasteiger partial charge on any atom is 0.227 e. The molecule has 2 saturated heterocycles. The van der Waals surface area contributed by atoms with E-state index in [0.29, 0.717) is 5.95 Å². The van der Waals surface area contributed by atoms with Crippen LogP contribution in [0, 0.1) is 12.3 Å². The van der Waals surface area contributed by atoms with E-state index in [1.807, 2.05) is 12.1 Å². The highest BCUT2D eigenvalue weighted by molar-refractivity contribution is 5.86. The van der Waals surface area contributed by atoms with Crippen molar-refractivity contribution in [2.24, 2.45) is 0 Å². The van der Waals surface area contributed by atoms with Gasteiger partial charge in [-0.05, 0) is 68.8 Å². The van der Waals surface area contributed by atoms with Crippen molar-refractivity contribution in [1.82, 2.24) is 15.3 Å². The lowest BCUT2D eigenvalue weighted by Crippen LogP contribution is -2.36. The van der Waals surface area contributed by atoms with Gasteiger partial charge >= 0.3 is 0 Å². The summed E-state index contributed by atoms with van der Waals surface area (Å²) in [5.41, 5.74) is 3.67. The summed E-state index contributed by atoms with van der Waals surface area (Å²) in [5, 5.41) is 7.63. The predicted octanol–water partition coefficient (Wildman–Crippen LogP) is 3.71. The first kappa shape index (κ1) is 21.5. The minimum absolute atomic E-state index is 0.148. The standard InChI is InChI=1S/C26H29N5O2/c1-2-19-16-20-18-28-26(29-21-5-7-22(8-6-21)31-12-14-32-15-13-31)30-25(20)24(17-19)33-23-4-3-10-27-11-9-23/h1,5-8,16-18,23,27H,3-4,9-15H2,(H,28,29,30). The normalized spacial score (nSPS) is 19.0. The molecule has 7 nitrogen and oxygen atoms in total. The maximum absolute atomic E-state index is 6.41. The van der Waals surface area contributed by atoms with Crippen molar-refractivity contribution in [1.29, 1.82) is 0 Å². The number of morpholine rings is 1. The minimum Gasteiger partial charge on any atom is -0.488 e. The monoisotopic (exact) mass is 443 g/mol. The molecule has 2 N–H and O–H groups in total. The van der Waals surface area contributed by atoms with Gasteiger partial charge in [-0.2, -0.15) is 0 Å². The topological polar surface area (TPSA) is 71.5 Å². The molecular weight excluding hydrogens is 414 g/mol. The molecule has 1 aromatic heterocycles. The summed E-state index contributed by atoms with van der Waals surface area (Å²) < 4.78 is 11.9. The summed E-state index contributed by atoms with van der Waals surface area (Å²) in [6.07, 6.45) is 10.7. The zero-order chi connectivity index (χ0) is 22.5. The fraction of sp³-hybridized carbons (Fsp3) is 0.385. The van der Waals surface area contributed by atoms with Gasteiger partial charge in [-0.15, -0.1) is 6.42 Å². The lowest BCUT2D eigenvalue weighted by Gasteiger charge is -2.28. The van der Waals surface area contributed by atoms with E-state index in [2.05, 4.69) is 50.7 Å². The van der Waals surface area contributed by atoms with Gasteiger partial charge in [0.05, 0.1) is 13.2 Å². The number of benzene rings is 2. The smallest absolute Gasteiger partial charge is 0.227 e. The van der Waals surface area contributed by atoms with Gasteiger partial charge in [-0.3, -0.25) is 0 Å². The Morgan fingerprint density at radius 3 is 2.79 bits per heavy atom. The van der Waals surface area contributed by atoms with E-state index in [9.17, 15) is 0 Å². The zero-order valence-corrected chi connectivity index (χ0v) is 18.7. The Kier molecular flexibility index (Phi) is 6.56. The Balaban J connectivity index is 1.38. The first-order valence-electron chi connectivity index (χ1n) is 11.6. The van der Waals surface area contributed by atoms with E-state index in [0.717, 1.165) is 86.6 Å². The van der Waals surface area contributed by atoms with Crippen LogP contribution < -0.4 is 20.3 Å². The van der Waals surface area contributed by atoms with Gasteiger partial charge in [0.1, 0.15) is 17.4 Å². The number of nitrogens with zero attached hydrogens (tertiary/aromatic N) is 3. The van der Waals surface area contributed by atoms with Gasteiger partial charge in [0, 0.05) is 41.6 Å². The molecule has 170 valence electrons. The van der Waals surface area contributed by atoms with Crippen LogP contribution >= 0.6 is 0 Å². The Hall–Kier alpha value is -3.34. The van der Waals surface area contributed by atoms with E-state index >= 15 is 0 Å². The van der Waals surface area contributed by atoms with Crippen LogP contribution in [-0.2, 0) is 4.74 Å². The fourth-order valence-corrected chi connectivity index (χ4v) is 4.34. The molecule has 0 aliphatic carbocycles. The van der Waals surface area contributed by atoms with E-state index in [-0.39, 0.29) is 6.10 Å². The second-order valence-corrected chi connectivity index (χ2v) is 8.44. The summed E-state index contributed by atoms with van der Waals surface area (Å²) >= 11 is 0. The molecule has 0 radical (unpaired) electrons. The van der Waals surface area contributed by atoms with Crippen molar-refractivity contribution < 1.29 is 9.47 Å². The third kappa shape index (κ3) is 5.19. The third-order valence-electron chi connectivity index (χ3n) is 6.13. The fourth-order valence-electron chi connectivity index (χ4n) is 4.34. The van der Waals surface area contributed by atoms with E-state index in [1.54, 1.807) is 6.20 Å². The van der Waals surface area contributed by atoms with Crippen molar-refractivity contribution in [3.8, 4) is 18.1 Å². The highest BCUT2D eigenvalue weighted by Gasteiger charge is 2.17. The summed E-state index contributed by atoms with van der Waals surface area (Å²) in [6, 6.07) is 12.2. The van der Waals surface area contributed by atoms with E-state index in [4.69, 9.17) is 20.9 Å². The third-order valence-corrected chi connectivity index (χ3v) is 6.13. The molecule has 1 atom stereocenters. The van der Waals surface area contributed by atoms with Crippen molar-refractivity contribution in [2.45, 2.75) is 25.4 Å². The lowest BCUT2D eigenvalue weighted by molar-refractivity contribution is 0.122. The molecule has 2 aliphatic rings. The van der Waals surface area contributed by atoms with Crippen LogP contribution in [-0.4, -0.2) is 55.5 Å². The number of hydrogen-bond donors (Lipinski definition) is 2. The van der Waals surface area contributed by atoms with Crippen LogP contribution in [0.5, 0.6) is 5.75 Å². The molecule has 1 unspecified atom stereocenters. The first-order chi connectivity index (χ1) is 16.3. The minimum atomic E-state index is 0.148. The van der Waals surface area contributed by atoms with Gasteiger partial charge in [-0.25, -0.2) is 9.97 Å². The van der Waals surface area contributed by atoms with Crippen molar-refractivity contribution in [2.75, 3.05) is 49.6 Å². The van der Waals surface area contributed by atoms with Crippen molar-refractivity contribution >= 4 is 28.2 Å². The number of anilines is 3. The zero-order valence-electron chi connectivity index (χ0n) is 18.7. The van der Waals surface area contributed by atoms with Crippen LogP contribution in [0.4, 0.5) is 17.3 Å².